The quantitative estimate of drug-likeness (QED) is 0.798. The lowest BCUT2D eigenvalue weighted by atomic mass is 9.99. The van der Waals surface area contributed by atoms with Gasteiger partial charge in [0.25, 0.3) is 0 Å². The standard InChI is InChI=1S/C15H22FNO2/c1-3-11(4-2)9-15(19)17-10-14(18)12-5-7-13(16)8-6-12/h5-8,11,14,18H,3-4,9-10H2,1-2H3,(H,17,19). The van der Waals surface area contributed by atoms with Crippen molar-refractivity contribution < 1.29 is 14.3 Å². The van der Waals surface area contributed by atoms with Crippen molar-refractivity contribution in [1.29, 1.82) is 0 Å². The monoisotopic (exact) mass is 267 g/mol. The van der Waals surface area contributed by atoms with E-state index in [1.165, 1.54) is 24.3 Å². The number of carbonyl (C=O) groups is 1. The fraction of sp³-hybridized carbons (Fsp3) is 0.533. The van der Waals surface area contributed by atoms with Gasteiger partial charge >= 0.3 is 0 Å². The zero-order valence-corrected chi connectivity index (χ0v) is 11.5. The first kappa shape index (κ1) is 15.6. The van der Waals surface area contributed by atoms with E-state index in [2.05, 4.69) is 19.2 Å². The van der Waals surface area contributed by atoms with Gasteiger partial charge in [-0.2, -0.15) is 0 Å². The fourth-order valence-electron chi connectivity index (χ4n) is 1.92. The van der Waals surface area contributed by atoms with E-state index in [1.807, 2.05) is 0 Å². The molecule has 0 saturated carbocycles. The van der Waals surface area contributed by atoms with Crippen molar-refractivity contribution in [3.8, 4) is 0 Å². The van der Waals surface area contributed by atoms with Crippen molar-refractivity contribution in [2.75, 3.05) is 6.54 Å². The Labute approximate surface area is 113 Å². The minimum absolute atomic E-state index is 0.0464. The van der Waals surface area contributed by atoms with Crippen molar-refractivity contribution in [3.63, 3.8) is 0 Å². The summed E-state index contributed by atoms with van der Waals surface area (Å²) in [6, 6.07) is 5.63. The molecule has 0 aliphatic heterocycles. The van der Waals surface area contributed by atoms with Crippen LogP contribution in [0.5, 0.6) is 0 Å². The van der Waals surface area contributed by atoms with Gasteiger partial charge in [0.2, 0.25) is 5.91 Å². The largest absolute Gasteiger partial charge is 0.387 e. The maximum absolute atomic E-state index is 12.7. The highest BCUT2D eigenvalue weighted by molar-refractivity contribution is 5.76. The molecule has 1 atom stereocenters. The highest BCUT2D eigenvalue weighted by Crippen LogP contribution is 2.14. The second kappa shape index (κ2) is 7.89. The first-order valence-electron chi connectivity index (χ1n) is 6.77. The normalized spacial score (nSPS) is 12.5. The molecule has 0 heterocycles. The number of nitrogens with one attached hydrogen (secondary N) is 1. The molecular weight excluding hydrogens is 245 g/mol. The third kappa shape index (κ3) is 5.39. The lowest BCUT2D eigenvalue weighted by molar-refractivity contribution is -0.122. The van der Waals surface area contributed by atoms with Gasteiger partial charge < -0.3 is 10.4 Å². The molecule has 0 spiro atoms. The van der Waals surface area contributed by atoms with E-state index in [1.54, 1.807) is 0 Å². The van der Waals surface area contributed by atoms with Crippen molar-refractivity contribution in [3.05, 3.63) is 35.6 Å². The second-order valence-corrected chi connectivity index (χ2v) is 4.76. The Bertz CT molecular complexity index is 388. The average molecular weight is 267 g/mol. The number of carbonyl (C=O) groups excluding carboxylic acids is 1. The van der Waals surface area contributed by atoms with E-state index in [0.29, 0.717) is 17.9 Å². The summed E-state index contributed by atoms with van der Waals surface area (Å²) in [5.74, 6) is 0.00606. The number of aliphatic hydroxyl groups excluding tert-OH is 1. The van der Waals surface area contributed by atoms with Gasteiger partial charge in [-0.05, 0) is 23.6 Å². The first-order valence-corrected chi connectivity index (χ1v) is 6.77. The van der Waals surface area contributed by atoms with Crippen LogP contribution in [-0.2, 0) is 4.79 Å². The van der Waals surface area contributed by atoms with Crippen LogP contribution >= 0.6 is 0 Å². The summed E-state index contributed by atoms with van der Waals surface area (Å²) in [7, 11) is 0. The topological polar surface area (TPSA) is 49.3 Å². The maximum Gasteiger partial charge on any atom is 0.220 e. The Balaban J connectivity index is 2.39. The molecule has 0 saturated heterocycles. The second-order valence-electron chi connectivity index (χ2n) is 4.76. The Hall–Kier alpha value is -1.42. The summed E-state index contributed by atoms with van der Waals surface area (Å²) in [5.41, 5.74) is 0.601. The lowest BCUT2D eigenvalue weighted by Gasteiger charge is -2.15. The third-order valence-electron chi connectivity index (χ3n) is 3.38. The molecule has 1 aromatic carbocycles. The van der Waals surface area contributed by atoms with E-state index in [-0.39, 0.29) is 18.3 Å². The van der Waals surface area contributed by atoms with Gasteiger partial charge in [0.1, 0.15) is 5.82 Å². The molecule has 19 heavy (non-hydrogen) atoms. The molecule has 0 aliphatic carbocycles. The first-order chi connectivity index (χ1) is 9.06. The average Bonchev–Trinajstić information content (AvgIpc) is 2.43. The van der Waals surface area contributed by atoms with E-state index >= 15 is 0 Å². The smallest absolute Gasteiger partial charge is 0.220 e. The van der Waals surface area contributed by atoms with Crippen LogP contribution in [0.4, 0.5) is 4.39 Å². The van der Waals surface area contributed by atoms with Crippen LogP contribution in [0.25, 0.3) is 0 Å². The molecule has 0 aliphatic rings. The molecule has 0 fully saturated rings. The Morgan fingerprint density at radius 2 is 1.84 bits per heavy atom. The van der Waals surface area contributed by atoms with Gasteiger partial charge in [0.05, 0.1) is 6.10 Å². The molecule has 0 radical (unpaired) electrons. The maximum atomic E-state index is 12.7. The number of rotatable bonds is 7. The highest BCUT2D eigenvalue weighted by atomic mass is 19.1. The van der Waals surface area contributed by atoms with Crippen LogP contribution in [-0.4, -0.2) is 17.6 Å². The molecule has 1 amide bonds. The molecule has 0 aromatic heterocycles. The van der Waals surface area contributed by atoms with Crippen LogP contribution in [0.1, 0.15) is 44.8 Å². The zero-order valence-electron chi connectivity index (χ0n) is 11.5. The number of amides is 1. The lowest BCUT2D eigenvalue weighted by Crippen LogP contribution is -2.29. The van der Waals surface area contributed by atoms with Gasteiger partial charge in [-0.3, -0.25) is 4.79 Å². The van der Waals surface area contributed by atoms with E-state index in [9.17, 15) is 14.3 Å². The number of aliphatic hydroxyl groups is 1. The van der Waals surface area contributed by atoms with Crippen LogP contribution in [0.2, 0.25) is 0 Å². The Kier molecular flexibility index (Phi) is 6.50. The number of halogens is 1. The molecule has 3 nitrogen and oxygen atoms in total. The Morgan fingerprint density at radius 3 is 2.37 bits per heavy atom. The van der Waals surface area contributed by atoms with Gasteiger partial charge in [0, 0.05) is 13.0 Å². The Morgan fingerprint density at radius 1 is 1.26 bits per heavy atom. The highest BCUT2D eigenvalue weighted by Gasteiger charge is 2.12. The molecule has 1 aromatic rings. The summed E-state index contributed by atoms with van der Waals surface area (Å²) in [6.07, 6.45) is 1.64. The number of hydrogen-bond acceptors (Lipinski definition) is 2. The molecule has 4 heteroatoms. The SMILES string of the molecule is CCC(CC)CC(=O)NCC(O)c1ccc(F)cc1. The van der Waals surface area contributed by atoms with Crippen molar-refractivity contribution in [2.24, 2.45) is 5.92 Å². The van der Waals surface area contributed by atoms with Crippen molar-refractivity contribution in [1.82, 2.24) is 5.32 Å². The minimum Gasteiger partial charge on any atom is -0.387 e. The van der Waals surface area contributed by atoms with Crippen molar-refractivity contribution in [2.45, 2.75) is 39.2 Å². The van der Waals surface area contributed by atoms with Gasteiger partial charge in [0.15, 0.2) is 0 Å². The van der Waals surface area contributed by atoms with E-state index < -0.39 is 6.10 Å². The summed E-state index contributed by atoms with van der Waals surface area (Å²) < 4.78 is 12.7. The number of hydrogen-bond donors (Lipinski definition) is 2. The third-order valence-corrected chi connectivity index (χ3v) is 3.38. The van der Waals surface area contributed by atoms with Crippen LogP contribution in [0, 0.1) is 11.7 Å². The molecular formula is C15H22FNO2. The summed E-state index contributed by atoms with van der Waals surface area (Å²) >= 11 is 0. The van der Waals surface area contributed by atoms with E-state index in [4.69, 9.17) is 0 Å². The predicted octanol–water partition coefficient (Wildman–Crippen LogP) is 2.80. The summed E-state index contributed by atoms with van der Waals surface area (Å²) in [6.45, 7) is 4.29. The van der Waals surface area contributed by atoms with Crippen molar-refractivity contribution >= 4 is 5.91 Å². The molecule has 2 N–H and O–H groups in total. The van der Waals surface area contributed by atoms with Gasteiger partial charge in [-0.1, -0.05) is 38.8 Å². The molecule has 0 bridgehead atoms. The summed E-state index contributed by atoms with van der Waals surface area (Å²) in [5, 5.41) is 12.6. The fourth-order valence-corrected chi connectivity index (χ4v) is 1.92. The summed E-state index contributed by atoms with van der Waals surface area (Å²) in [4.78, 5) is 11.7. The van der Waals surface area contributed by atoms with Crippen LogP contribution < -0.4 is 5.32 Å². The van der Waals surface area contributed by atoms with Gasteiger partial charge in [-0.25, -0.2) is 4.39 Å². The zero-order chi connectivity index (χ0) is 14.3. The number of benzene rings is 1. The van der Waals surface area contributed by atoms with Crippen LogP contribution in [0.3, 0.4) is 0 Å². The minimum atomic E-state index is -0.800. The predicted molar refractivity (Wildman–Crippen MR) is 73.1 cm³/mol. The van der Waals surface area contributed by atoms with Crippen LogP contribution in [0.15, 0.2) is 24.3 Å². The molecule has 1 unspecified atom stereocenters. The molecule has 1 rings (SSSR count). The molecule has 106 valence electrons. The van der Waals surface area contributed by atoms with E-state index in [0.717, 1.165) is 12.8 Å². The van der Waals surface area contributed by atoms with Gasteiger partial charge in [-0.15, -0.1) is 0 Å².